The van der Waals surface area contributed by atoms with Crippen LogP contribution in [-0.2, 0) is 0 Å². The second-order valence-corrected chi connectivity index (χ2v) is 3.39. The van der Waals surface area contributed by atoms with Crippen LogP contribution in [0.3, 0.4) is 0 Å². The molecule has 0 radical (unpaired) electrons. The van der Waals surface area contributed by atoms with E-state index in [4.69, 9.17) is 9.84 Å². The van der Waals surface area contributed by atoms with Gasteiger partial charge in [0.2, 0.25) is 6.29 Å². The Morgan fingerprint density at radius 2 is 2.27 bits per heavy atom. The molecule has 1 heterocycles. The van der Waals surface area contributed by atoms with Gasteiger partial charge in [-0.1, -0.05) is 12.1 Å². The third kappa shape index (κ3) is 1.34. The number of thioether (sulfide) groups is 1. The third-order valence-electron chi connectivity index (χ3n) is 1.49. The zero-order valence-corrected chi connectivity index (χ0v) is 6.67. The van der Waals surface area contributed by atoms with Crippen molar-refractivity contribution in [1.82, 2.24) is 0 Å². The summed E-state index contributed by atoms with van der Waals surface area (Å²) in [6.07, 6.45) is -0.644. The highest BCUT2D eigenvalue weighted by Gasteiger charge is 2.16. The Morgan fingerprint density at radius 3 is 3.18 bits per heavy atom. The van der Waals surface area contributed by atoms with Crippen molar-refractivity contribution in [3.63, 3.8) is 0 Å². The smallest absolute Gasteiger partial charge is 0.206 e. The standard InChI is InChI=1S/C8H8O2S/c9-8-5-11-7-4-2-1-3-6(7)10-8/h1-4,8-9H,5H2. The predicted molar refractivity (Wildman–Crippen MR) is 43.8 cm³/mol. The van der Waals surface area contributed by atoms with Crippen molar-refractivity contribution in [2.24, 2.45) is 0 Å². The van der Waals surface area contributed by atoms with E-state index in [1.54, 1.807) is 11.8 Å². The summed E-state index contributed by atoms with van der Waals surface area (Å²) in [6.45, 7) is 0. The van der Waals surface area contributed by atoms with Gasteiger partial charge < -0.3 is 9.84 Å². The van der Waals surface area contributed by atoms with E-state index < -0.39 is 6.29 Å². The molecule has 1 aliphatic rings. The highest BCUT2D eigenvalue weighted by atomic mass is 32.2. The highest BCUT2D eigenvalue weighted by Crippen LogP contribution is 2.33. The maximum absolute atomic E-state index is 9.11. The SMILES string of the molecule is OC1CSc2ccccc2O1. The molecule has 0 spiro atoms. The number of rotatable bonds is 0. The van der Waals surface area contributed by atoms with Gasteiger partial charge in [-0.25, -0.2) is 0 Å². The number of aliphatic hydroxyl groups excluding tert-OH is 1. The molecule has 3 heteroatoms. The average molecular weight is 168 g/mol. The first-order chi connectivity index (χ1) is 5.36. The molecule has 1 aliphatic heterocycles. The highest BCUT2D eigenvalue weighted by molar-refractivity contribution is 7.99. The quantitative estimate of drug-likeness (QED) is 0.636. The number of aliphatic hydroxyl groups is 1. The number of hydrogen-bond acceptors (Lipinski definition) is 3. The largest absolute Gasteiger partial charge is 0.463 e. The molecule has 0 amide bonds. The van der Waals surface area contributed by atoms with Crippen molar-refractivity contribution >= 4 is 11.8 Å². The summed E-state index contributed by atoms with van der Waals surface area (Å²) in [7, 11) is 0. The minimum absolute atomic E-state index is 0.622. The molecule has 1 N–H and O–H groups in total. The van der Waals surface area contributed by atoms with Crippen molar-refractivity contribution in [2.75, 3.05) is 5.75 Å². The van der Waals surface area contributed by atoms with Crippen molar-refractivity contribution in [1.29, 1.82) is 0 Å². The van der Waals surface area contributed by atoms with Crippen molar-refractivity contribution < 1.29 is 9.84 Å². The summed E-state index contributed by atoms with van der Waals surface area (Å²) in [6, 6.07) is 7.72. The Balaban J connectivity index is 2.34. The van der Waals surface area contributed by atoms with Crippen LogP contribution in [-0.4, -0.2) is 17.1 Å². The van der Waals surface area contributed by atoms with E-state index in [9.17, 15) is 0 Å². The van der Waals surface area contributed by atoms with Crippen molar-refractivity contribution in [2.45, 2.75) is 11.2 Å². The van der Waals surface area contributed by atoms with Gasteiger partial charge in [0.05, 0.1) is 5.75 Å². The van der Waals surface area contributed by atoms with E-state index >= 15 is 0 Å². The molecule has 1 unspecified atom stereocenters. The third-order valence-corrected chi connectivity index (χ3v) is 2.59. The second kappa shape index (κ2) is 2.75. The van der Waals surface area contributed by atoms with Gasteiger partial charge in [0.15, 0.2) is 0 Å². The monoisotopic (exact) mass is 168 g/mol. The Morgan fingerprint density at radius 1 is 1.45 bits per heavy atom. The van der Waals surface area contributed by atoms with E-state index in [-0.39, 0.29) is 0 Å². The van der Waals surface area contributed by atoms with Gasteiger partial charge >= 0.3 is 0 Å². The molecule has 0 aromatic heterocycles. The van der Waals surface area contributed by atoms with Crippen LogP contribution in [0.5, 0.6) is 5.75 Å². The number of fused-ring (bicyclic) bond motifs is 1. The van der Waals surface area contributed by atoms with Crippen LogP contribution < -0.4 is 4.74 Å². The lowest BCUT2D eigenvalue weighted by Crippen LogP contribution is -2.21. The summed E-state index contributed by atoms with van der Waals surface area (Å²) in [4.78, 5) is 1.11. The summed E-state index contributed by atoms with van der Waals surface area (Å²) in [5.41, 5.74) is 0. The molecule has 0 saturated carbocycles. The minimum atomic E-state index is -0.644. The minimum Gasteiger partial charge on any atom is -0.463 e. The van der Waals surface area contributed by atoms with Gasteiger partial charge in [-0.05, 0) is 12.1 Å². The summed E-state index contributed by atoms with van der Waals surface area (Å²) < 4.78 is 5.17. The zero-order valence-electron chi connectivity index (χ0n) is 5.86. The lowest BCUT2D eigenvalue weighted by atomic mass is 10.3. The van der Waals surface area contributed by atoms with Crippen LogP contribution in [0.1, 0.15) is 0 Å². The predicted octanol–water partition coefficient (Wildman–Crippen LogP) is 1.49. The summed E-state index contributed by atoms with van der Waals surface area (Å²) in [5.74, 6) is 1.41. The van der Waals surface area contributed by atoms with E-state index in [0.29, 0.717) is 5.75 Å². The van der Waals surface area contributed by atoms with E-state index in [2.05, 4.69) is 0 Å². The zero-order chi connectivity index (χ0) is 7.68. The first kappa shape index (κ1) is 7.00. The number of ether oxygens (including phenoxy) is 1. The molecule has 0 bridgehead atoms. The first-order valence-corrected chi connectivity index (χ1v) is 4.41. The Kier molecular flexibility index (Phi) is 1.75. The van der Waals surface area contributed by atoms with Crippen LogP contribution >= 0.6 is 11.8 Å². The molecular formula is C8H8O2S. The normalized spacial score (nSPS) is 22.1. The fourth-order valence-electron chi connectivity index (χ4n) is 1.01. The molecule has 1 aromatic rings. The lowest BCUT2D eigenvalue weighted by Gasteiger charge is -2.20. The van der Waals surface area contributed by atoms with Crippen LogP contribution in [0, 0.1) is 0 Å². The Labute approximate surface area is 69.2 Å². The molecule has 58 valence electrons. The van der Waals surface area contributed by atoms with Crippen molar-refractivity contribution in [3.8, 4) is 5.75 Å². The molecule has 11 heavy (non-hydrogen) atoms. The second-order valence-electron chi connectivity index (χ2n) is 2.33. The number of para-hydroxylation sites is 1. The molecular weight excluding hydrogens is 160 g/mol. The molecule has 2 nitrogen and oxygen atoms in total. The number of hydrogen-bond donors (Lipinski definition) is 1. The van der Waals surface area contributed by atoms with Gasteiger partial charge in [0.1, 0.15) is 5.75 Å². The topological polar surface area (TPSA) is 29.5 Å². The Bertz CT molecular complexity index is 262. The fourth-order valence-corrected chi connectivity index (χ4v) is 1.83. The molecule has 0 aliphatic carbocycles. The molecule has 0 saturated heterocycles. The lowest BCUT2D eigenvalue weighted by molar-refractivity contribution is -0.00114. The van der Waals surface area contributed by atoms with E-state index in [1.165, 1.54) is 0 Å². The fraction of sp³-hybridized carbons (Fsp3) is 0.250. The van der Waals surface area contributed by atoms with Crippen LogP contribution in [0.2, 0.25) is 0 Å². The Hall–Kier alpha value is -0.670. The molecule has 0 fully saturated rings. The number of benzene rings is 1. The molecule has 1 atom stereocenters. The van der Waals surface area contributed by atoms with Gasteiger partial charge in [0.25, 0.3) is 0 Å². The van der Waals surface area contributed by atoms with Crippen LogP contribution in [0.4, 0.5) is 0 Å². The average Bonchev–Trinajstić information content (AvgIpc) is 2.04. The van der Waals surface area contributed by atoms with Crippen LogP contribution in [0.15, 0.2) is 29.2 Å². The van der Waals surface area contributed by atoms with Gasteiger partial charge in [0, 0.05) is 4.90 Å². The molecule has 1 aromatic carbocycles. The van der Waals surface area contributed by atoms with Gasteiger partial charge in [-0.15, -0.1) is 11.8 Å². The van der Waals surface area contributed by atoms with E-state index in [1.807, 2.05) is 24.3 Å². The van der Waals surface area contributed by atoms with Gasteiger partial charge in [-0.3, -0.25) is 0 Å². The van der Waals surface area contributed by atoms with Crippen LogP contribution in [0.25, 0.3) is 0 Å². The maximum Gasteiger partial charge on any atom is 0.206 e. The summed E-state index contributed by atoms with van der Waals surface area (Å²) in [5, 5.41) is 9.11. The first-order valence-electron chi connectivity index (χ1n) is 3.43. The van der Waals surface area contributed by atoms with Gasteiger partial charge in [-0.2, -0.15) is 0 Å². The summed E-state index contributed by atoms with van der Waals surface area (Å²) >= 11 is 1.62. The molecule has 2 rings (SSSR count). The van der Waals surface area contributed by atoms with E-state index in [0.717, 1.165) is 10.6 Å². The maximum atomic E-state index is 9.11. The van der Waals surface area contributed by atoms with Crippen molar-refractivity contribution in [3.05, 3.63) is 24.3 Å².